The molecule has 1 unspecified atom stereocenters. The first kappa shape index (κ1) is 14.6. The molecule has 0 spiro atoms. The van der Waals surface area contributed by atoms with E-state index in [1.54, 1.807) is 0 Å². The van der Waals surface area contributed by atoms with Gasteiger partial charge in [0.2, 0.25) is 0 Å². The lowest BCUT2D eigenvalue weighted by atomic mass is 10.0. The molecule has 2 heteroatoms. The summed E-state index contributed by atoms with van der Waals surface area (Å²) in [5.74, 6) is 0.229. The van der Waals surface area contributed by atoms with Crippen LogP contribution >= 0.6 is 0 Å². The van der Waals surface area contributed by atoms with Crippen molar-refractivity contribution in [1.29, 1.82) is 0 Å². The summed E-state index contributed by atoms with van der Waals surface area (Å²) in [6.07, 6.45) is 8.02. The smallest absolute Gasteiger partial charge is 0.135 e. The summed E-state index contributed by atoms with van der Waals surface area (Å²) in [6, 6.07) is 0. The Kier molecular flexibility index (Phi) is 9.91. The lowest BCUT2D eigenvalue weighted by Crippen LogP contribution is -2.13. The van der Waals surface area contributed by atoms with E-state index in [9.17, 15) is 9.90 Å². The molecule has 1 atom stereocenters. The van der Waals surface area contributed by atoms with Gasteiger partial charge in [-0.3, -0.25) is 4.79 Å². The van der Waals surface area contributed by atoms with Gasteiger partial charge in [0.1, 0.15) is 5.78 Å². The molecule has 0 saturated heterocycles. The third-order valence-corrected chi connectivity index (χ3v) is 2.66. The van der Waals surface area contributed by atoms with Crippen LogP contribution < -0.4 is 0 Å². The van der Waals surface area contributed by atoms with Gasteiger partial charge in [0.25, 0.3) is 0 Å². The average Bonchev–Trinajstić information content (AvgIpc) is 2.18. The number of hydrogen-bond donors (Lipinski definition) is 1. The number of hydrogen-bond acceptors (Lipinski definition) is 2. The second kappa shape index (κ2) is 10.2. The van der Waals surface area contributed by atoms with Crippen molar-refractivity contribution in [3.05, 3.63) is 0 Å². The van der Waals surface area contributed by atoms with Crippen LogP contribution in [0.15, 0.2) is 0 Å². The van der Waals surface area contributed by atoms with Crippen LogP contribution in [0.3, 0.4) is 0 Å². The van der Waals surface area contributed by atoms with Crippen molar-refractivity contribution < 1.29 is 9.90 Å². The van der Waals surface area contributed by atoms with Crippen LogP contribution in [0, 0.1) is 0 Å². The summed E-state index contributed by atoms with van der Waals surface area (Å²) >= 11 is 0. The SMILES string of the molecule is CCCCCC(=O)CC(O)CCCCC. The maximum absolute atomic E-state index is 11.4. The fourth-order valence-electron chi connectivity index (χ4n) is 1.67. The summed E-state index contributed by atoms with van der Waals surface area (Å²) in [5, 5.41) is 9.58. The van der Waals surface area contributed by atoms with Gasteiger partial charge in [-0.2, -0.15) is 0 Å². The molecule has 0 aromatic carbocycles. The first-order valence-corrected chi connectivity index (χ1v) is 6.40. The molecule has 0 radical (unpaired) electrons. The number of aliphatic hydroxyl groups is 1. The summed E-state index contributed by atoms with van der Waals surface area (Å²) < 4.78 is 0. The molecule has 15 heavy (non-hydrogen) atoms. The third-order valence-electron chi connectivity index (χ3n) is 2.66. The molecule has 0 bridgehead atoms. The highest BCUT2D eigenvalue weighted by Crippen LogP contribution is 2.09. The molecule has 0 amide bonds. The monoisotopic (exact) mass is 214 g/mol. The standard InChI is InChI=1S/C13H26O2/c1-3-5-7-9-12(14)11-13(15)10-8-6-4-2/h12,14H,3-11H2,1-2H3. The largest absolute Gasteiger partial charge is 0.393 e. The number of carbonyl (C=O) groups is 1. The first-order chi connectivity index (χ1) is 7.20. The number of ketones is 1. The van der Waals surface area contributed by atoms with Gasteiger partial charge < -0.3 is 5.11 Å². The number of aliphatic hydroxyl groups excluding tert-OH is 1. The number of carbonyl (C=O) groups excluding carboxylic acids is 1. The summed E-state index contributed by atoms with van der Waals surface area (Å²) in [7, 11) is 0. The molecule has 0 aromatic heterocycles. The van der Waals surface area contributed by atoms with E-state index >= 15 is 0 Å². The van der Waals surface area contributed by atoms with Crippen molar-refractivity contribution in [3.8, 4) is 0 Å². The van der Waals surface area contributed by atoms with E-state index in [1.807, 2.05) is 0 Å². The van der Waals surface area contributed by atoms with Gasteiger partial charge in [-0.05, 0) is 12.8 Å². The maximum Gasteiger partial charge on any atom is 0.135 e. The predicted octanol–water partition coefficient (Wildman–Crippen LogP) is 3.47. The van der Waals surface area contributed by atoms with Gasteiger partial charge in [-0.1, -0.05) is 46.0 Å². The molecular weight excluding hydrogens is 188 g/mol. The lowest BCUT2D eigenvalue weighted by Gasteiger charge is -2.08. The first-order valence-electron chi connectivity index (χ1n) is 6.40. The summed E-state index contributed by atoms with van der Waals surface area (Å²) in [5.41, 5.74) is 0. The maximum atomic E-state index is 11.4. The van der Waals surface area contributed by atoms with Crippen LogP contribution in [0.4, 0.5) is 0 Å². The third kappa shape index (κ3) is 9.92. The minimum absolute atomic E-state index is 0.229. The van der Waals surface area contributed by atoms with E-state index in [2.05, 4.69) is 13.8 Å². The molecule has 0 aliphatic heterocycles. The lowest BCUT2D eigenvalue weighted by molar-refractivity contribution is -0.121. The van der Waals surface area contributed by atoms with E-state index < -0.39 is 6.10 Å². The van der Waals surface area contributed by atoms with E-state index in [4.69, 9.17) is 0 Å². The van der Waals surface area contributed by atoms with Crippen molar-refractivity contribution in [2.75, 3.05) is 0 Å². The Balaban J connectivity index is 3.40. The molecule has 0 aliphatic rings. The highest BCUT2D eigenvalue weighted by molar-refractivity contribution is 5.78. The second-order valence-electron chi connectivity index (χ2n) is 4.35. The quantitative estimate of drug-likeness (QED) is 0.565. The van der Waals surface area contributed by atoms with Gasteiger partial charge in [0.05, 0.1) is 6.10 Å². The minimum atomic E-state index is -0.398. The highest BCUT2D eigenvalue weighted by Gasteiger charge is 2.09. The number of Topliss-reactive ketones (excluding diaryl/α,β-unsaturated/α-hetero) is 1. The summed E-state index contributed by atoms with van der Waals surface area (Å²) in [4.78, 5) is 11.4. The van der Waals surface area contributed by atoms with Gasteiger partial charge in [-0.25, -0.2) is 0 Å². The van der Waals surface area contributed by atoms with Crippen molar-refractivity contribution in [1.82, 2.24) is 0 Å². The Morgan fingerprint density at radius 3 is 2.27 bits per heavy atom. The zero-order chi connectivity index (χ0) is 11.5. The van der Waals surface area contributed by atoms with Crippen LogP contribution in [0.5, 0.6) is 0 Å². The van der Waals surface area contributed by atoms with Crippen LogP contribution in [-0.4, -0.2) is 17.0 Å². The molecular formula is C13H26O2. The Morgan fingerprint density at radius 2 is 1.67 bits per heavy atom. The van der Waals surface area contributed by atoms with Crippen LogP contribution in [-0.2, 0) is 4.79 Å². The van der Waals surface area contributed by atoms with Crippen molar-refractivity contribution in [2.45, 2.75) is 77.7 Å². The highest BCUT2D eigenvalue weighted by atomic mass is 16.3. The molecule has 1 N–H and O–H groups in total. The molecule has 90 valence electrons. The molecule has 0 heterocycles. The molecule has 2 nitrogen and oxygen atoms in total. The Bertz CT molecular complexity index is 155. The average molecular weight is 214 g/mol. The molecule has 0 rings (SSSR count). The van der Waals surface area contributed by atoms with Crippen molar-refractivity contribution in [3.63, 3.8) is 0 Å². The molecule has 0 fully saturated rings. The number of unbranched alkanes of at least 4 members (excludes halogenated alkanes) is 4. The van der Waals surface area contributed by atoms with E-state index in [-0.39, 0.29) is 5.78 Å². The molecule has 0 aromatic rings. The predicted molar refractivity (Wildman–Crippen MR) is 63.9 cm³/mol. The van der Waals surface area contributed by atoms with E-state index in [0.29, 0.717) is 12.8 Å². The summed E-state index contributed by atoms with van der Waals surface area (Å²) in [6.45, 7) is 4.27. The topological polar surface area (TPSA) is 37.3 Å². The van der Waals surface area contributed by atoms with Gasteiger partial charge in [0.15, 0.2) is 0 Å². The van der Waals surface area contributed by atoms with Crippen LogP contribution in [0.1, 0.15) is 71.6 Å². The van der Waals surface area contributed by atoms with Gasteiger partial charge >= 0.3 is 0 Å². The molecule has 0 aliphatic carbocycles. The van der Waals surface area contributed by atoms with Crippen LogP contribution in [0.2, 0.25) is 0 Å². The molecule has 0 saturated carbocycles. The normalized spacial score (nSPS) is 12.7. The number of rotatable bonds is 10. The zero-order valence-electron chi connectivity index (χ0n) is 10.3. The Labute approximate surface area is 94.1 Å². The zero-order valence-corrected chi connectivity index (χ0v) is 10.3. The van der Waals surface area contributed by atoms with Crippen molar-refractivity contribution >= 4 is 5.78 Å². The Hall–Kier alpha value is -0.370. The fourth-order valence-corrected chi connectivity index (χ4v) is 1.67. The minimum Gasteiger partial charge on any atom is -0.393 e. The van der Waals surface area contributed by atoms with Gasteiger partial charge in [0, 0.05) is 12.8 Å². The van der Waals surface area contributed by atoms with Crippen molar-refractivity contribution in [2.24, 2.45) is 0 Å². The van der Waals surface area contributed by atoms with E-state index in [0.717, 1.165) is 44.9 Å². The van der Waals surface area contributed by atoms with Gasteiger partial charge in [-0.15, -0.1) is 0 Å². The Morgan fingerprint density at radius 1 is 1.07 bits per heavy atom. The fraction of sp³-hybridized carbons (Fsp3) is 0.923. The van der Waals surface area contributed by atoms with Crippen LogP contribution in [0.25, 0.3) is 0 Å². The van der Waals surface area contributed by atoms with E-state index in [1.165, 1.54) is 0 Å². The second-order valence-corrected chi connectivity index (χ2v) is 4.35.